The van der Waals surface area contributed by atoms with Crippen LogP contribution in [-0.4, -0.2) is 19.3 Å². The van der Waals surface area contributed by atoms with Crippen LogP contribution in [-0.2, 0) is 6.42 Å². The van der Waals surface area contributed by atoms with Crippen LogP contribution < -0.4 is 5.32 Å². The number of hydrogen-bond donors (Lipinski definition) is 1. The second kappa shape index (κ2) is 6.78. The summed E-state index contributed by atoms with van der Waals surface area (Å²) in [5.41, 5.74) is 0.849. The average Bonchev–Trinajstić information content (AvgIpc) is 2.25. The van der Waals surface area contributed by atoms with Crippen LogP contribution in [0.4, 0.5) is 13.2 Å². The molecule has 1 unspecified atom stereocenters. The fraction of sp³-hybridized carbons (Fsp3) is 0.500. The van der Waals surface area contributed by atoms with E-state index in [4.69, 9.17) is 11.6 Å². The standard InChI is InChI=1S/C12H14BrClF3N/c1-18-10(4-5-12(15,16)17)6-8-2-3-9(13)7-11(8)14/h2-3,7,10,18H,4-6H2,1H3. The van der Waals surface area contributed by atoms with Gasteiger partial charge in [0.15, 0.2) is 0 Å². The maximum atomic E-state index is 12.2. The molecule has 0 spiro atoms. The molecule has 1 aromatic rings. The Hall–Kier alpha value is -0.260. The predicted molar refractivity (Wildman–Crippen MR) is 71.0 cm³/mol. The van der Waals surface area contributed by atoms with Gasteiger partial charge in [-0.2, -0.15) is 13.2 Å². The predicted octanol–water partition coefficient (Wildman–Crippen LogP) is 4.58. The van der Waals surface area contributed by atoms with Crippen LogP contribution in [0.5, 0.6) is 0 Å². The third-order valence-corrected chi connectivity index (χ3v) is 3.51. The molecule has 0 aliphatic carbocycles. The summed E-state index contributed by atoms with van der Waals surface area (Å²) in [4.78, 5) is 0. The SMILES string of the molecule is CNC(CCC(F)(F)F)Cc1ccc(Br)cc1Cl. The number of halogens is 5. The summed E-state index contributed by atoms with van der Waals surface area (Å²) in [5, 5.41) is 3.46. The van der Waals surface area contributed by atoms with Gasteiger partial charge in [0.05, 0.1) is 0 Å². The number of hydrogen-bond acceptors (Lipinski definition) is 1. The van der Waals surface area contributed by atoms with Crippen LogP contribution in [0.15, 0.2) is 22.7 Å². The molecule has 6 heteroatoms. The lowest BCUT2D eigenvalue weighted by molar-refractivity contribution is -0.136. The van der Waals surface area contributed by atoms with Crippen molar-refractivity contribution in [3.8, 4) is 0 Å². The fourth-order valence-electron chi connectivity index (χ4n) is 1.64. The minimum absolute atomic E-state index is 0.0480. The second-order valence-electron chi connectivity index (χ2n) is 4.08. The van der Waals surface area contributed by atoms with E-state index in [1.165, 1.54) is 0 Å². The molecule has 0 bridgehead atoms. The number of benzene rings is 1. The van der Waals surface area contributed by atoms with E-state index in [0.717, 1.165) is 10.0 Å². The Balaban J connectivity index is 2.62. The number of alkyl halides is 3. The zero-order valence-electron chi connectivity index (χ0n) is 9.82. The van der Waals surface area contributed by atoms with Crippen molar-refractivity contribution in [1.29, 1.82) is 0 Å². The van der Waals surface area contributed by atoms with Gasteiger partial charge in [0.1, 0.15) is 0 Å². The maximum absolute atomic E-state index is 12.2. The third-order valence-electron chi connectivity index (χ3n) is 2.67. The monoisotopic (exact) mass is 343 g/mol. The number of rotatable bonds is 5. The van der Waals surface area contributed by atoms with Gasteiger partial charge < -0.3 is 5.32 Å². The molecule has 0 radical (unpaired) electrons. The van der Waals surface area contributed by atoms with E-state index >= 15 is 0 Å². The highest BCUT2D eigenvalue weighted by atomic mass is 79.9. The highest BCUT2D eigenvalue weighted by molar-refractivity contribution is 9.10. The van der Waals surface area contributed by atoms with Gasteiger partial charge in [0.25, 0.3) is 0 Å². The van der Waals surface area contributed by atoms with Gasteiger partial charge in [0, 0.05) is 22.0 Å². The molecule has 1 nitrogen and oxygen atoms in total. The average molecular weight is 345 g/mol. The van der Waals surface area contributed by atoms with E-state index in [1.54, 1.807) is 13.1 Å². The molecule has 0 saturated carbocycles. The topological polar surface area (TPSA) is 12.0 Å². The molecule has 18 heavy (non-hydrogen) atoms. The summed E-state index contributed by atoms with van der Waals surface area (Å²) in [6.45, 7) is 0. The van der Waals surface area contributed by atoms with Crippen LogP contribution in [0.1, 0.15) is 18.4 Å². The molecule has 0 aromatic heterocycles. The van der Waals surface area contributed by atoms with E-state index in [2.05, 4.69) is 21.2 Å². The van der Waals surface area contributed by atoms with Crippen LogP contribution in [0.25, 0.3) is 0 Å². The van der Waals surface area contributed by atoms with Crippen molar-refractivity contribution >= 4 is 27.5 Å². The van der Waals surface area contributed by atoms with Crippen molar-refractivity contribution in [2.75, 3.05) is 7.05 Å². The Kier molecular flexibility index (Phi) is 5.95. The molecule has 1 aromatic carbocycles. The first kappa shape index (κ1) is 15.8. The molecular weight excluding hydrogens is 330 g/mol. The van der Waals surface area contributed by atoms with Gasteiger partial charge in [-0.05, 0) is 37.6 Å². The molecule has 0 saturated heterocycles. The number of likely N-dealkylation sites (N-methyl/N-ethyl adjacent to an activating group) is 1. The first-order chi connectivity index (χ1) is 8.31. The summed E-state index contributed by atoms with van der Waals surface area (Å²) >= 11 is 9.33. The molecule has 1 atom stereocenters. The van der Waals surface area contributed by atoms with E-state index in [1.807, 2.05) is 12.1 Å². The molecule has 0 amide bonds. The smallest absolute Gasteiger partial charge is 0.317 e. The van der Waals surface area contributed by atoms with Crippen LogP contribution in [0.3, 0.4) is 0 Å². The zero-order chi connectivity index (χ0) is 13.8. The molecule has 0 fully saturated rings. The van der Waals surface area contributed by atoms with Gasteiger partial charge in [-0.25, -0.2) is 0 Å². The highest BCUT2D eigenvalue weighted by Gasteiger charge is 2.28. The quantitative estimate of drug-likeness (QED) is 0.824. The summed E-state index contributed by atoms with van der Waals surface area (Å²) in [6, 6.07) is 5.17. The Bertz CT molecular complexity index is 395. The van der Waals surface area contributed by atoms with Gasteiger partial charge >= 0.3 is 6.18 Å². The Morgan fingerprint density at radius 1 is 1.39 bits per heavy atom. The lowest BCUT2D eigenvalue weighted by atomic mass is 10.0. The van der Waals surface area contributed by atoms with Gasteiger partial charge in [-0.3, -0.25) is 0 Å². The van der Waals surface area contributed by atoms with E-state index in [-0.39, 0.29) is 12.5 Å². The molecule has 0 aliphatic heterocycles. The Morgan fingerprint density at radius 3 is 2.56 bits per heavy atom. The molecular formula is C12H14BrClF3N. The lowest BCUT2D eigenvalue weighted by Crippen LogP contribution is -2.29. The third kappa shape index (κ3) is 5.59. The van der Waals surface area contributed by atoms with Crippen LogP contribution >= 0.6 is 27.5 Å². The molecule has 102 valence electrons. The van der Waals surface area contributed by atoms with Crippen molar-refractivity contribution in [2.45, 2.75) is 31.5 Å². The van der Waals surface area contributed by atoms with Crippen LogP contribution in [0, 0.1) is 0 Å². The molecule has 1 N–H and O–H groups in total. The zero-order valence-corrected chi connectivity index (χ0v) is 12.2. The van der Waals surface area contributed by atoms with Crippen LogP contribution in [0.2, 0.25) is 5.02 Å². The molecule has 1 rings (SSSR count). The summed E-state index contributed by atoms with van der Waals surface area (Å²) in [5.74, 6) is 0. The molecule has 0 aliphatic rings. The fourth-order valence-corrected chi connectivity index (χ4v) is 2.39. The Morgan fingerprint density at radius 2 is 2.06 bits per heavy atom. The Labute approximate surface area is 118 Å². The minimum atomic E-state index is -4.11. The van der Waals surface area contributed by atoms with Gasteiger partial charge in [-0.1, -0.05) is 33.6 Å². The van der Waals surface area contributed by atoms with Gasteiger partial charge in [0.2, 0.25) is 0 Å². The summed E-state index contributed by atoms with van der Waals surface area (Å²) in [7, 11) is 1.66. The summed E-state index contributed by atoms with van der Waals surface area (Å²) < 4.78 is 37.3. The van der Waals surface area contributed by atoms with Gasteiger partial charge in [-0.15, -0.1) is 0 Å². The minimum Gasteiger partial charge on any atom is -0.317 e. The van der Waals surface area contributed by atoms with E-state index in [0.29, 0.717) is 11.4 Å². The van der Waals surface area contributed by atoms with Crippen molar-refractivity contribution in [1.82, 2.24) is 5.32 Å². The highest BCUT2D eigenvalue weighted by Crippen LogP contribution is 2.26. The van der Waals surface area contributed by atoms with Crippen molar-refractivity contribution in [3.63, 3.8) is 0 Å². The first-order valence-corrected chi connectivity index (χ1v) is 6.67. The largest absolute Gasteiger partial charge is 0.389 e. The number of nitrogens with one attached hydrogen (secondary N) is 1. The van der Waals surface area contributed by atoms with E-state index in [9.17, 15) is 13.2 Å². The lowest BCUT2D eigenvalue weighted by Gasteiger charge is -2.18. The maximum Gasteiger partial charge on any atom is 0.389 e. The normalized spacial score (nSPS) is 13.7. The van der Waals surface area contributed by atoms with E-state index < -0.39 is 12.6 Å². The van der Waals surface area contributed by atoms with Crippen molar-refractivity contribution < 1.29 is 13.2 Å². The summed E-state index contributed by atoms with van der Waals surface area (Å²) in [6.07, 6.45) is -4.36. The van der Waals surface area contributed by atoms with Crippen molar-refractivity contribution in [2.24, 2.45) is 0 Å². The second-order valence-corrected chi connectivity index (χ2v) is 5.40. The molecule has 0 heterocycles. The van der Waals surface area contributed by atoms with Crippen molar-refractivity contribution in [3.05, 3.63) is 33.3 Å². The first-order valence-electron chi connectivity index (χ1n) is 5.50.